The highest BCUT2D eigenvalue weighted by Crippen LogP contribution is 2.36. The van der Waals surface area contributed by atoms with E-state index in [0.29, 0.717) is 26.0 Å². The number of hydrogen-bond donors (Lipinski definition) is 1. The fourth-order valence-corrected chi connectivity index (χ4v) is 5.55. The van der Waals surface area contributed by atoms with Crippen molar-refractivity contribution in [3.63, 3.8) is 0 Å². The van der Waals surface area contributed by atoms with Crippen LogP contribution in [0.25, 0.3) is 0 Å². The van der Waals surface area contributed by atoms with Crippen LogP contribution in [0, 0.1) is 17.3 Å². The van der Waals surface area contributed by atoms with Crippen molar-refractivity contribution in [2.75, 3.05) is 20.3 Å². The molecule has 0 radical (unpaired) electrons. The number of likely N-dealkylation sites (tertiary alicyclic amines) is 1. The Morgan fingerprint density at radius 3 is 2.05 bits per heavy atom. The van der Waals surface area contributed by atoms with Crippen LogP contribution in [-0.4, -0.2) is 60.1 Å². The Labute approximate surface area is 236 Å². The topological polar surface area (TPSA) is 110 Å². The van der Waals surface area contributed by atoms with Crippen molar-refractivity contribution in [1.82, 2.24) is 4.90 Å². The van der Waals surface area contributed by atoms with Crippen molar-refractivity contribution in [2.45, 2.75) is 136 Å². The van der Waals surface area contributed by atoms with E-state index in [0.717, 1.165) is 25.7 Å². The maximum absolute atomic E-state index is 13.4. The molecular formula is C31H55NO7. The Morgan fingerprint density at radius 1 is 0.974 bits per heavy atom. The second-order valence-corrected chi connectivity index (χ2v) is 11.7. The van der Waals surface area contributed by atoms with Crippen LogP contribution in [0.15, 0.2) is 0 Å². The molecule has 1 aliphatic heterocycles. The van der Waals surface area contributed by atoms with E-state index in [1.807, 2.05) is 6.92 Å². The number of nitrogens with zero attached hydrogens (tertiary/aromatic N) is 1. The molecule has 0 saturated carbocycles. The van der Waals surface area contributed by atoms with Gasteiger partial charge in [-0.25, -0.2) is 0 Å². The quantitative estimate of drug-likeness (QED) is 0.120. The lowest BCUT2D eigenvalue weighted by Crippen LogP contribution is -2.42. The summed E-state index contributed by atoms with van der Waals surface area (Å²) < 4.78 is 10.8. The third kappa shape index (κ3) is 12.7. The molecule has 0 bridgehead atoms. The molecule has 0 aromatic heterocycles. The molecule has 1 amide bonds. The fourth-order valence-electron chi connectivity index (χ4n) is 5.55. The minimum Gasteiger partial charge on any atom is -0.481 e. The molecule has 4 unspecified atom stereocenters. The van der Waals surface area contributed by atoms with E-state index in [9.17, 15) is 24.3 Å². The first-order valence-corrected chi connectivity index (χ1v) is 15.4. The number of esters is 2. The summed E-state index contributed by atoms with van der Waals surface area (Å²) in [4.78, 5) is 51.9. The molecule has 1 saturated heterocycles. The lowest BCUT2D eigenvalue weighted by Gasteiger charge is -2.34. The van der Waals surface area contributed by atoms with Crippen LogP contribution in [0.2, 0.25) is 0 Å². The van der Waals surface area contributed by atoms with Crippen molar-refractivity contribution >= 4 is 23.8 Å². The average molecular weight is 554 g/mol. The van der Waals surface area contributed by atoms with Crippen molar-refractivity contribution in [2.24, 2.45) is 17.3 Å². The number of hydrogen-bond acceptors (Lipinski definition) is 6. The number of rotatable bonds is 22. The number of unbranched alkanes of at least 4 members (excludes halogenated alkanes) is 9. The second kappa shape index (κ2) is 19.0. The molecule has 1 heterocycles. The Bertz CT molecular complexity index is 755. The van der Waals surface area contributed by atoms with Crippen molar-refractivity contribution in [3.05, 3.63) is 0 Å². The van der Waals surface area contributed by atoms with E-state index in [4.69, 9.17) is 9.47 Å². The molecular weight excluding hydrogens is 498 g/mol. The molecule has 8 nitrogen and oxygen atoms in total. The molecule has 1 aliphatic rings. The minimum atomic E-state index is -0.931. The predicted molar refractivity (Wildman–Crippen MR) is 152 cm³/mol. The van der Waals surface area contributed by atoms with E-state index in [2.05, 4.69) is 6.92 Å². The summed E-state index contributed by atoms with van der Waals surface area (Å²) in [5.74, 6) is -3.01. The molecule has 0 aromatic carbocycles. The number of aliphatic carboxylic acids is 1. The summed E-state index contributed by atoms with van der Waals surface area (Å²) >= 11 is 0. The van der Waals surface area contributed by atoms with Crippen LogP contribution in [0.5, 0.6) is 0 Å². The van der Waals surface area contributed by atoms with Gasteiger partial charge >= 0.3 is 17.9 Å². The lowest BCUT2D eigenvalue weighted by atomic mass is 9.76. The Morgan fingerprint density at radius 2 is 1.56 bits per heavy atom. The van der Waals surface area contributed by atoms with Gasteiger partial charge in [-0.3, -0.25) is 19.2 Å². The van der Waals surface area contributed by atoms with Crippen LogP contribution in [-0.2, 0) is 28.7 Å². The Balaban J connectivity index is 2.80. The number of carbonyl (C=O) groups excluding carboxylic acids is 3. The van der Waals surface area contributed by atoms with Crippen LogP contribution >= 0.6 is 0 Å². The molecule has 226 valence electrons. The van der Waals surface area contributed by atoms with Crippen LogP contribution < -0.4 is 0 Å². The largest absolute Gasteiger partial charge is 0.481 e. The highest BCUT2D eigenvalue weighted by Gasteiger charge is 2.41. The molecule has 39 heavy (non-hydrogen) atoms. The van der Waals surface area contributed by atoms with Gasteiger partial charge in [0, 0.05) is 19.0 Å². The third-order valence-corrected chi connectivity index (χ3v) is 8.39. The van der Waals surface area contributed by atoms with Gasteiger partial charge in [0.05, 0.1) is 31.0 Å². The number of methoxy groups -OCH3 is 1. The highest BCUT2D eigenvalue weighted by atomic mass is 16.5. The first-order valence-electron chi connectivity index (χ1n) is 15.4. The Kier molecular flexibility index (Phi) is 17.0. The number of ether oxygens (including phenoxy) is 2. The minimum absolute atomic E-state index is 0.0127. The van der Waals surface area contributed by atoms with Crippen LogP contribution in [0.1, 0.15) is 130 Å². The zero-order valence-corrected chi connectivity index (χ0v) is 25.3. The van der Waals surface area contributed by atoms with Gasteiger partial charge < -0.3 is 19.5 Å². The van der Waals surface area contributed by atoms with Gasteiger partial charge in [0.25, 0.3) is 0 Å². The first kappa shape index (κ1) is 34.9. The van der Waals surface area contributed by atoms with E-state index < -0.39 is 29.3 Å². The molecule has 0 aromatic rings. The zero-order valence-electron chi connectivity index (χ0n) is 25.3. The number of carboxylic acids is 1. The van der Waals surface area contributed by atoms with Gasteiger partial charge in [0.15, 0.2) is 0 Å². The lowest BCUT2D eigenvalue weighted by molar-refractivity contribution is -0.158. The zero-order chi connectivity index (χ0) is 29.3. The standard InChI is InChI=1S/C31H55NO7/c1-6-8-9-10-11-12-13-14-15-16-20-39-29(36)25(23-31(4,7-2)30(37)38-5)22-26(21-24(3)28(34)35)32-19-17-18-27(32)33/h24-26H,6-23H2,1-5H3,(H,34,35). The summed E-state index contributed by atoms with van der Waals surface area (Å²) in [6.45, 7) is 8.40. The number of carbonyl (C=O) groups is 4. The molecule has 4 atom stereocenters. The fraction of sp³-hybridized carbons (Fsp3) is 0.871. The van der Waals surface area contributed by atoms with Crippen LogP contribution in [0.4, 0.5) is 0 Å². The van der Waals surface area contributed by atoms with Crippen molar-refractivity contribution in [1.29, 1.82) is 0 Å². The van der Waals surface area contributed by atoms with Gasteiger partial charge in [-0.05, 0) is 45.4 Å². The first-order chi connectivity index (χ1) is 18.6. The van der Waals surface area contributed by atoms with E-state index in [1.165, 1.54) is 52.1 Å². The third-order valence-electron chi connectivity index (χ3n) is 8.39. The molecule has 0 aliphatic carbocycles. The highest BCUT2D eigenvalue weighted by molar-refractivity contribution is 5.80. The SMILES string of the molecule is CCCCCCCCCCCCOC(=O)C(CC(CC(C)C(=O)O)N1CCCC1=O)CC(C)(CC)C(=O)OC. The molecule has 1 rings (SSSR count). The van der Waals surface area contributed by atoms with Gasteiger partial charge in [0.1, 0.15) is 0 Å². The molecule has 0 spiro atoms. The summed E-state index contributed by atoms with van der Waals surface area (Å²) in [6, 6.07) is -0.403. The maximum atomic E-state index is 13.4. The van der Waals surface area contributed by atoms with Crippen LogP contribution in [0.3, 0.4) is 0 Å². The monoisotopic (exact) mass is 553 g/mol. The van der Waals surface area contributed by atoms with E-state index >= 15 is 0 Å². The van der Waals surface area contributed by atoms with Gasteiger partial charge in [-0.2, -0.15) is 0 Å². The average Bonchev–Trinajstić information content (AvgIpc) is 3.35. The van der Waals surface area contributed by atoms with E-state index in [1.54, 1.807) is 18.7 Å². The number of carboxylic acid groups (broad SMARTS) is 1. The summed E-state index contributed by atoms with van der Waals surface area (Å²) in [5.41, 5.74) is -0.881. The number of amides is 1. The predicted octanol–water partition coefficient (Wildman–Crippen LogP) is 6.54. The Hall–Kier alpha value is -2.12. The maximum Gasteiger partial charge on any atom is 0.311 e. The van der Waals surface area contributed by atoms with Crippen molar-refractivity contribution < 1.29 is 33.8 Å². The summed E-state index contributed by atoms with van der Waals surface area (Å²) in [7, 11) is 1.34. The van der Waals surface area contributed by atoms with Gasteiger partial charge in [-0.1, -0.05) is 78.6 Å². The summed E-state index contributed by atoms with van der Waals surface area (Å²) in [6.07, 6.45) is 14.3. The normalized spacial score (nSPS) is 17.4. The molecule has 1 fully saturated rings. The second-order valence-electron chi connectivity index (χ2n) is 11.7. The van der Waals surface area contributed by atoms with E-state index in [-0.39, 0.29) is 37.1 Å². The summed E-state index contributed by atoms with van der Waals surface area (Å²) in [5, 5.41) is 9.52. The van der Waals surface area contributed by atoms with Crippen molar-refractivity contribution in [3.8, 4) is 0 Å². The van der Waals surface area contributed by atoms with Gasteiger partial charge in [-0.15, -0.1) is 0 Å². The van der Waals surface area contributed by atoms with Gasteiger partial charge in [0.2, 0.25) is 5.91 Å². The molecule has 1 N–H and O–H groups in total. The molecule has 8 heteroatoms. The smallest absolute Gasteiger partial charge is 0.311 e.